The summed E-state index contributed by atoms with van der Waals surface area (Å²) in [4.78, 5) is 10.4. The molecule has 10 heavy (non-hydrogen) atoms. The second-order valence-electron chi connectivity index (χ2n) is 2.48. The lowest BCUT2D eigenvalue weighted by Gasteiger charge is -2.05. The first-order valence-electron chi connectivity index (χ1n) is 3.35. The molecular weight excluding hydrogens is 130 g/mol. The minimum Gasteiger partial charge on any atom is -0.480 e. The minimum atomic E-state index is -0.760. The van der Waals surface area contributed by atoms with Crippen molar-refractivity contribution >= 4 is 5.97 Å². The molecule has 0 bridgehead atoms. The third-order valence-corrected chi connectivity index (χ3v) is 1.76. The van der Waals surface area contributed by atoms with Gasteiger partial charge in [0.1, 0.15) is 6.04 Å². The Morgan fingerprint density at radius 2 is 2.40 bits per heavy atom. The van der Waals surface area contributed by atoms with Crippen molar-refractivity contribution in [2.45, 2.75) is 24.9 Å². The molecule has 1 heterocycles. The number of nitrogens with one attached hydrogen (secondary N) is 1. The van der Waals surface area contributed by atoms with Crippen molar-refractivity contribution in [1.29, 1.82) is 0 Å². The van der Waals surface area contributed by atoms with Crippen LogP contribution in [0.2, 0.25) is 0 Å². The van der Waals surface area contributed by atoms with Crippen LogP contribution in [0.5, 0.6) is 0 Å². The first kappa shape index (κ1) is 7.28. The van der Waals surface area contributed by atoms with Crippen molar-refractivity contribution in [2.75, 3.05) is 0 Å². The van der Waals surface area contributed by atoms with Crippen LogP contribution in [-0.4, -0.2) is 23.2 Å². The van der Waals surface area contributed by atoms with Gasteiger partial charge in [-0.3, -0.25) is 10.1 Å². The van der Waals surface area contributed by atoms with Gasteiger partial charge >= 0.3 is 5.97 Å². The molecule has 1 saturated heterocycles. The van der Waals surface area contributed by atoms with E-state index in [0.29, 0.717) is 6.42 Å². The summed E-state index contributed by atoms with van der Waals surface area (Å²) < 4.78 is 0. The van der Waals surface area contributed by atoms with E-state index >= 15 is 0 Å². The van der Waals surface area contributed by atoms with Crippen LogP contribution >= 0.6 is 0 Å². The molecular formula is C7H11NO2. The molecule has 1 aliphatic rings. The van der Waals surface area contributed by atoms with E-state index in [1.165, 1.54) is 0 Å². The molecule has 56 valence electrons. The van der Waals surface area contributed by atoms with E-state index in [2.05, 4.69) is 11.9 Å². The number of hydrogen-bond donors (Lipinski definition) is 2. The molecule has 0 radical (unpaired) electrons. The van der Waals surface area contributed by atoms with Gasteiger partial charge in [-0.15, -0.1) is 6.58 Å². The van der Waals surface area contributed by atoms with Crippen LogP contribution in [0.15, 0.2) is 12.7 Å². The number of rotatable bonds is 2. The van der Waals surface area contributed by atoms with Crippen molar-refractivity contribution in [3.8, 4) is 0 Å². The minimum absolute atomic E-state index is 0.195. The van der Waals surface area contributed by atoms with Crippen LogP contribution < -0.4 is 5.32 Å². The number of carboxylic acid groups (broad SMARTS) is 1. The zero-order valence-electron chi connectivity index (χ0n) is 5.71. The number of hydrogen-bond acceptors (Lipinski definition) is 2. The van der Waals surface area contributed by atoms with Gasteiger partial charge in [-0.05, 0) is 12.8 Å². The van der Waals surface area contributed by atoms with Crippen molar-refractivity contribution in [1.82, 2.24) is 5.32 Å². The fourth-order valence-electron chi connectivity index (χ4n) is 1.15. The monoisotopic (exact) mass is 141 g/mol. The SMILES string of the molecule is C=CC1CCC(C(=O)O)N1. The van der Waals surface area contributed by atoms with E-state index < -0.39 is 5.97 Å². The predicted molar refractivity (Wildman–Crippen MR) is 37.8 cm³/mol. The van der Waals surface area contributed by atoms with Gasteiger partial charge in [0.15, 0.2) is 0 Å². The lowest BCUT2D eigenvalue weighted by molar-refractivity contribution is -0.139. The van der Waals surface area contributed by atoms with Gasteiger partial charge in [0.25, 0.3) is 0 Å². The van der Waals surface area contributed by atoms with Gasteiger partial charge in [-0.1, -0.05) is 6.08 Å². The maximum Gasteiger partial charge on any atom is 0.320 e. The quantitative estimate of drug-likeness (QED) is 0.546. The summed E-state index contributed by atoms with van der Waals surface area (Å²) in [6.07, 6.45) is 3.36. The molecule has 3 heteroatoms. The van der Waals surface area contributed by atoms with E-state index in [4.69, 9.17) is 5.11 Å². The van der Waals surface area contributed by atoms with Crippen LogP contribution in [-0.2, 0) is 4.79 Å². The second-order valence-corrected chi connectivity index (χ2v) is 2.48. The molecule has 0 spiro atoms. The summed E-state index contributed by atoms with van der Waals surface area (Å²) >= 11 is 0. The van der Waals surface area contributed by atoms with Gasteiger partial charge in [0.2, 0.25) is 0 Å². The first-order valence-corrected chi connectivity index (χ1v) is 3.35. The smallest absolute Gasteiger partial charge is 0.320 e. The molecule has 1 aliphatic heterocycles. The highest BCUT2D eigenvalue weighted by Crippen LogP contribution is 2.12. The molecule has 0 amide bonds. The molecule has 0 aliphatic carbocycles. The van der Waals surface area contributed by atoms with Gasteiger partial charge in [0.05, 0.1) is 0 Å². The summed E-state index contributed by atoms with van der Waals surface area (Å²) in [5.74, 6) is -0.760. The van der Waals surface area contributed by atoms with Crippen molar-refractivity contribution in [2.24, 2.45) is 0 Å². The zero-order valence-corrected chi connectivity index (χ0v) is 5.71. The molecule has 2 unspecified atom stereocenters. The largest absolute Gasteiger partial charge is 0.480 e. The summed E-state index contributed by atoms with van der Waals surface area (Å²) in [7, 11) is 0. The molecule has 2 N–H and O–H groups in total. The highest BCUT2D eigenvalue weighted by molar-refractivity contribution is 5.73. The molecule has 0 aromatic heterocycles. The Labute approximate surface area is 59.7 Å². The maximum atomic E-state index is 10.4. The number of carboxylic acids is 1. The van der Waals surface area contributed by atoms with Crippen molar-refractivity contribution < 1.29 is 9.90 Å². The molecule has 3 nitrogen and oxygen atoms in total. The Morgan fingerprint density at radius 1 is 1.70 bits per heavy atom. The zero-order chi connectivity index (χ0) is 7.56. The van der Waals surface area contributed by atoms with E-state index in [-0.39, 0.29) is 12.1 Å². The topological polar surface area (TPSA) is 49.3 Å². The summed E-state index contributed by atoms with van der Waals surface area (Å²) in [5.41, 5.74) is 0. The molecule has 0 aromatic rings. The molecule has 1 fully saturated rings. The van der Waals surface area contributed by atoms with E-state index in [1.54, 1.807) is 6.08 Å². The normalized spacial score (nSPS) is 32.0. The van der Waals surface area contributed by atoms with Gasteiger partial charge < -0.3 is 5.11 Å². The lowest BCUT2D eigenvalue weighted by Crippen LogP contribution is -2.34. The van der Waals surface area contributed by atoms with Crippen LogP contribution in [0.25, 0.3) is 0 Å². The van der Waals surface area contributed by atoms with Crippen LogP contribution in [0.1, 0.15) is 12.8 Å². The Hall–Kier alpha value is -0.830. The Kier molecular flexibility index (Phi) is 2.06. The van der Waals surface area contributed by atoms with E-state index in [0.717, 1.165) is 6.42 Å². The Morgan fingerprint density at radius 3 is 2.70 bits per heavy atom. The first-order chi connectivity index (χ1) is 4.74. The van der Waals surface area contributed by atoms with Gasteiger partial charge in [-0.25, -0.2) is 0 Å². The lowest BCUT2D eigenvalue weighted by atomic mass is 10.2. The average molecular weight is 141 g/mol. The summed E-state index contributed by atoms with van der Waals surface area (Å²) in [5, 5.41) is 11.5. The predicted octanol–water partition coefficient (Wildman–Crippen LogP) is 0.378. The van der Waals surface area contributed by atoms with Crippen molar-refractivity contribution in [3.05, 3.63) is 12.7 Å². The van der Waals surface area contributed by atoms with E-state index in [9.17, 15) is 4.79 Å². The van der Waals surface area contributed by atoms with E-state index in [1.807, 2.05) is 0 Å². The number of carbonyl (C=O) groups is 1. The van der Waals surface area contributed by atoms with Crippen LogP contribution in [0.3, 0.4) is 0 Å². The Bertz CT molecular complexity index is 156. The van der Waals surface area contributed by atoms with Crippen LogP contribution in [0.4, 0.5) is 0 Å². The van der Waals surface area contributed by atoms with Gasteiger partial charge in [-0.2, -0.15) is 0 Å². The third kappa shape index (κ3) is 1.36. The standard InChI is InChI=1S/C7H11NO2/c1-2-5-3-4-6(8-5)7(9)10/h2,5-6,8H,1,3-4H2,(H,9,10). The molecule has 1 rings (SSSR count). The maximum absolute atomic E-state index is 10.4. The summed E-state index contributed by atoms with van der Waals surface area (Å²) in [6, 6.07) is -0.163. The highest BCUT2D eigenvalue weighted by Gasteiger charge is 2.26. The molecule has 0 aromatic carbocycles. The summed E-state index contributed by atoms with van der Waals surface area (Å²) in [6.45, 7) is 3.58. The second kappa shape index (κ2) is 2.84. The van der Waals surface area contributed by atoms with Gasteiger partial charge in [0, 0.05) is 6.04 Å². The molecule has 0 saturated carbocycles. The Balaban J connectivity index is 2.42. The third-order valence-electron chi connectivity index (χ3n) is 1.76. The number of aliphatic carboxylic acids is 1. The fraction of sp³-hybridized carbons (Fsp3) is 0.571. The van der Waals surface area contributed by atoms with Crippen molar-refractivity contribution in [3.63, 3.8) is 0 Å². The molecule has 2 atom stereocenters. The average Bonchev–Trinajstić information content (AvgIpc) is 2.34. The fourth-order valence-corrected chi connectivity index (χ4v) is 1.15. The van der Waals surface area contributed by atoms with Crippen LogP contribution in [0, 0.1) is 0 Å². The highest BCUT2D eigenvalue weighted by atomic mass is 16.4.